The van der Waals surface area contributed by atoms with Gasteiger partial charge in [0.1, 0.15) is 0 Å². The van der Waals surface area contributed by atoms with Gasteiger partial charge in [-0.15, -0.1) is 11.3 Å². The van der Waals surface area contributed by atoms with Gasteiger partial charge in [-0.3, -0.25) is 0 Å². The number of fused-ring (bicyclic) bond motifs is 4. The highest BCUT2D eigenvalue weighted by atomic mass is 32.1. The van der Waals surface area contributed by atoms with Gasteiger partial charge in [0.2, 0.25) is 16.9 Å². The second-order valence-electron chi connectivity index (χ2n) is 8.21. The van der Waals surface area contributed by atoms with E-state index in [9.17, 15) is 0 Å². The molecule has 0 radical (unpaired) electrons. The number of benzene rings is 1. The number of allylic oxidation sites excluding steroid dienone is 1. The Morgan fingerprint density at radius 1 is 1.06 bits per heavy atom. The van der Waals surface area contributed by atoms with Crippen LogP contribution in [-0.4, -0.2) is 4.98 Å². The van der Waals surface area contributed by atoms with E-state index in [1.165, 1.54) is 20.7 Å². The number of hydrogen-bond acceptors (Lipinski definition) is 3. The number of furan rings is 1. The van der Waals surface area contributed by atoms with Crippen molar-refractivity contribution >= 4 is 49.3 Å². The fourth-order valence-electron chi connectivity index (χ4n) is 4.48. The van der Waals surface area contributed by atoms with Crippen LogP contribution < -0.4 is 4.57 Å². The summed E-state index contributed by atoms with van der Waals surface area (Å²) in [7, 11) is 0. The summed E-state index contributed by atoms with van der Waals surface area (Å²) < 4.78 is 10.1. The Bertz CT molecular complexity index is 1470. The third-order valence-electron chi connectivity index (χ3n) is 5.97. The minimum atomic E-state index is 0.707. The van der Waals surface area contributed by atoms with Crippen LogP contribution in [-0.2, 0) is 6.42 Å². The average molecular weight is 428 g/mol. The highest BCUT2D eigenvalue weighted by molar-refractivity contribution is 7.18. The summed E-state index contributed by atoms with van der Waals surface area (Å²) in [6.45, 7) is 13.0. The average Bonchev–Trinajstić information content (AvgIpc) is 3.31. The molecule has 4 heteroatoms. The lowest BCUT2D eigenvalue weighted by molar-refractivity contribution is -0.541. The van der Waals surface area contributed by atoms with E-state index < -0.39 is 0 Å². The monoisotopic (exact) mass is 427 g/mol. The van der Waals surface area contributed by atoms with Crippen molar-refractivity contribution in [2.24, 2.45) is 0 Å². The van der Waals surface area contributed by atoms with Gasteiger partial charge in [0.05, 0.1) is 10.3 Å². The number of aryl methyl sites for hydroxylation is 3. The lowest BCUT2D eigenvalue weighted by Gasteiger charge is -2.11. The maximum absolute atomic E-state index is 6.44. The molecular weight excluding hydrogens is 400 g/mol. The Hall–Kier alpha value is -2.98. The molecule has 5 aromatic rings. The molecular formula is C27H27N2OS+. The lowest BCUT2D eigenvalue weighted by Crippen LogP contribution is -2.35. The molecule has 0 atom stereocenters. The number of pyridine rings is 2. The van der Waals surface area contributed by atoms with Crippen molar-refractivity contribution in [3.63, 3.8) is 0 Å². The van der Waals surface area contributed by atoms with Crippen molar-refractivity contribution in [3.05, 3.63) is 65.2 Å². The first-order valence-corrected chi connectivity index (χ1v) is 11.8. The topological polar surface area (TPSA) is 29.9 Å². The maximum atomic E-state index is 6.44. The summed E-state index contributed by atoms with van der Waals surface area (Å²) in [6, 6.07) is 15.4. The van der Waals surface area contributed by atoms with E-state index in [2.05, 4.69) is 79.4 Å². The molecule has 0 fully saturated rings. The predicted octanol–water partition coefficient (Wildman–Crippen LogP) is 7.60. The van der Waals surface area contributed by atoms with Crippen LogP contribution in [0.3, 0.4) is 0 Å². The predicted molar refractivity (Wildman–Crippen MR) is 132 cm³/mol. The summed E-state index contributed by atoms with van der Waals surface area (Å²) in [5.74, 6) is 0. The van der Waals surface area contributed by atoms with Gasteiger partial charge < -0.3 is 4.42 Å². The minimum Gasteiger partial charge on any atom is -0.437 e. The number of rotatable bonds is 5. The van der Waals surface area contributed by atoms with Crippen LogP contribution in [0, 0.1) is 13.8 Å². The molecule has 5 rings (SSSR count). The molecule has 156 valence electrons. The summed E-state index contributed by atoms with van der Waals surface area (Å²) in [5, 5.41) is 2.19. The van der Waals surface area contributed by atoms with E-state index in [0.29, 0.717) is 5.71 Å². The smallest absolute Gasteiger partial charge is 0.229 e. The van der Waals surface area contributed by atoms with Gasteiger partial charge in [0.25, 0.3) is 0 Å². The van der Waals surface area contributed by atoms with E-state index in [1.807, 2.05) is 18.3 Å². The zero-order valence-electron chi connectivity index (χ0n) is 18.6. The van der Waals surface area contributed by atoms with Crippen molar-refractivity contribution in [2.45, 2.75) is 47.0 Å². The zero-order chi connectivity index (χ0) is 21.7. The first-order chi connectivity index (χ1) is 15.0. The van der Waals surface area contributed by atoms with Crippen LogP contribution in [0.5, 0.6) is 0 Å². The largest absolute Gasteiger partial charge is 0.437 e. The minimum absolute atomic E-state index is 0.707. The van der Waals surface area contributed by atoms with Crippen LogP contribution in [0.1, 0.15) is 42.8 Å². The molecule has 0 amide bonds. The molecule has 4 aromatic heterocycles. The molecule has 0 unspecified atom stereocenters. The first-order valence-electron chi connectivity index (χ1n) is 11.0. The molecule has 0 aliphatic heterocycles. The number of aromatic nitrogens is 2. The second kappa shape index (κ2) is 7.61. The summed E-state index contributed by atoms with van der Waals surface area (Å²) in [5.41, 5.74) is 8.50. The number of thiophene rings is 1. The molecule has 0 saturated heterocycles. The van der Waals surface area contributed by atoms with Crippen LogP contribution in [0.25, 0.3) is 49.2 Å². The lowest BCUT2D eigenvalue weighted by atomic mass is 9.96. The SMILES string of the molecule is C=C(CC)[n+]1c(-c2c(CCC)ccc3c2oc2nc(C)ccc23)ccc2sc(C)cc21. The molecule has 3 nitrogen and oxygen atoms in total. The standard InChI is InChI=1S/C27H27N2OS/c1-6-8-19-10-12-20-21-11-9-16(3)28-27(21)30-26(20)25(19)22-13-14-24-23(15-18(5)31-24)29(22)17(4)7-2/h9-15H,4,6-8H2,1-3,5H3/q+1. The summed E-state index contributed by atoms with van der Waals surface area (Å²) in [6.07, 6.45) is 2.95. The quantitative estimate of drug-likeness (QED) is 0.270. The highest BCUT2D eigenvalue weighted by Gasteiger charge is 2.27. The Kier molecular flexibility index (Phi) is 4.90. The van der Waals surface area contributed by atoms with Gasteiger partial charge in [-0.05, 0) is 50.6 Å². The van der Waals surface area contributed by atoms with E-state index in [-0.39, 0.29) is 0 Å². The van der Waals surface area contributed by atoms with E-state index >= 15 is 0 Å². The van der Waals surface area contributed by atoms with Crippen LogP contribution in [0.15, 0.2) is 53.5 Å². The van der Waals surface area contributed by atoms with Crippen molar-refractivity contribution in [1.29, 1.82) is 0 Å². The third-order valence-corrected chi connectivity index (χ3v) is 6.97. The molecule has 1 aromatic carbocycles. The molecule has 0 aliphatic rings. The maximum Gasteiger partial charge on any atom is 0.229 e. The van der Waals surface area contributed by atoms with Crippen LogP contribution >= 0.6 is 11.3 Å². The van der Waals surface area contributed by atoms with Crippen molar-refractivity contribution in [3.8, 4) is 11.3 Å². The normalized spacial score (nSPS) is 11.7. The van der Waals surface area contributed by atoms with E-state index in [0.717, 1.165) is 58.3 Å². The van der Waals surface area contributed by atoms with Crippen LogP contribution in [0.2, 0.25) is 0 Å². The van der Waals surface area contributed by atoms with Crippen molar-refractivity contribution in [2.75, 3.05) is 0 Å². The van der Waals surface area contributed by atoms with Gasteiger partial charge in [-0.2, -0.15) is 4.57 Å². The van der Waals surface area contributed by atoms with Gasteiger partial charge in [0, 0.05) is 39.9 Å². The number of hydrogen-bond donors (Lipinski definition) is 0. The Morgan fingerprint density at radius 2 is 1.87 bits per heavy atom. The summed E-state index contributed by atoms with van der Waals surface area (Å²) >= 11 is 1.83. The molecule has 4 heterocycles. The summed E-state index contributed by atoms with van der Waals surface area (Å²) in [4.78, 5) is 5.97. The number of nitrogens with zero attached hydrogens (tertiary/aromatic N) is 2. The molecule has 0 spiro atoms. The molecule has 0 N–H and O–H groups in total. The van der Waals surface area contributed by atoms with Crippen LogP contribution in [0.4, 0.5) is 0 Å². The Morgan fingerprint density at radius 3 is 2.65 bits per heavy atom. The second-order valence-corrected chi connectivity index (χ2v) is 9.50. The van der Waals surface area contributed by atoms with Gasteiger partial charge in [0.15, 0.2) is 11.3 Å². The van der Waals surface area contributed by atoms with Gasteiger partial charge in [-0.25, -0.2) is 4.98 Å². The molecule has 0 aliphatic carbocycles. The Labute approximate surface area is 186 Å². The first kappa shape index (κ1) is 20.0. The fourth-order valence-corrected chi connectivity index (χ4v) is 5.39. The Balaban J connectivity index is 1.93. The molecule has 0 bridgehead atoms. The third kappa shape index (κ3) is 3.17. The van der Waals surface area contributed by atoms with Crippen molar-refractivity contribution in [1.82, 2.24) is 4.98 Å². The van der Waals surface area contributed by atoms with Crippen molar-refractivity contribution < 1.29 is 8.98 Å². The zero-order valence-corrected chi connectivity index (χ0v) is 19.4. The van der Waals surface area contributed by atoms with Gasteiger partial charge in [-0.1, -0.05) is 32.4 Å². The van der Waals surface area contributed by atoms with E-state index in [1.54, 1.807) is 0 Å². The van der Waals surface area contributed by atoms with Gasteiger partial charge >= 0.3 is 0 Å². The molecule has 0 saturated carbocycles. The molecule has 31 heavy (non-hydrogen) atoms. The van der Waals surface area contributed by atoms with E-state index in [4.69, 9.17) is 4.42 Å². The highest BCUT2D eigenvalue weighted by Crippen LogP contribution is 2.38. The fraction of sp³-hybridized carbons (Fsp3) is 0.259.